The number of ether oxygens (including phenoxy) is 1. The van der Waals surface area contributed by atoms with Crippen molar-refractivity contribution in [3.05, 3.63) is 101 Å². The van der Waals surface area contributed by atoms with E-state index in [-0.39, 0.29) is 25.0 Å². The number of amides is 2. The molecule has 0 aromatic heterocycles. The van der Waals surface area contributed by atoms with E-state index >= 15 is 0 Å². The Bertz CT molecular complexity index is 996. The number of carbonyl (C=O) groups is 2. The molecule has 160 valence electrons. The second-order valence-corrected chi connectivity index (χ2v) is 7.45. The highest BCUT2D eigenvalue weighted by Crippen LogP contribution is 2.23. The molecule has 3 rings (SSSR count). The van der Waals surface area contributed by atoms with Crippen molar-refractivity contribution in [3.63, 3.8) is 0 Å². The summed E-state index contributed by atoms with van der Waals surface area (Å²) in [5.41, 5.74) is 1.89. The number of benzene rings is 3. The number of hydrogen-bond acceptors (Lipinski definition) is 3. The monoisotopic (exact) mass is 436 g/mol. The molecule has 1 N–H and O–H groups in total. The fourth-order valence-electron chi connectivity index (χ4n) is 3.28. The number of rotatable bonds is 9. The molecule has 0 aliphatic heterocycles. The van der Waals surface area contributed by atoms with Gasteiger partial charge in [-0.2, -0.15) is 0 Å². The second kappa shape index (κ2) is 11.2. The fourth-order valence-corrected chi connectivity index (χ4v) is 3.48. The van der Waals surface area contributed by atoms with E-state index in [2.05, 4.69) is 5.32 Å². The van der Waals surface area contributed by atoms with Gasteiger partial charge in [0.05, 0.1) is 5.02 Å². The van der Waals surface area contributed by atoms with Crippen LogP contribution in [0.3, 0.4) is 0 Å². The molecule has 0 unspecified atom stereocenters. The quantitative estimate of drug-likeness (QED) is 0.549. The molecule has 5 nitrogen and oxygen atoms in total. The van der Waals surface area contributed by atoms with Crippen LogP contribution in [0.4, 0.5) is 0 Å². The molecule has 0 bridgehead atoms. The Morgan fingerprint density at radius 3 is 2.10 bits per heavy atom. The largest absolute Gasteiger partial charge is 0.482 e. The Morgan fingerprint density at radius 1 is 0.903 bits per heavy atom. The molecule has 0 aliphatic carbocycles. The molecule has 0 radical (unpaired) electrons. The van der Waals surface area contributed by atoms with E-state index in [1.807, 2.05) is 60.7 Å². The van der Waals surface area contributed by atoms with E-state index in [0.717, 1.165) is 11.1 Å². The molecule has 0 aliphatic rings. The summed E-state index contributed by atoms with van der Waals surface area (Å²) in [5.74, 6) is -0.101. The van der Waals surface area contributed by atoms with Gasteiger partial charge in [0.1, 0.15) is 11.8 Å². The van der Waals surface area contributed by atoms with Crippen LogP contribution in [0.1, 0.15) is 11.1 Å². The van der Waals surface area contributed by atoms with Crippen LogP contribution in [0.15, 0.2) is 84.9 Å². The van der Waals surface area contributed by atoms with Gasteiger partial charge >= 0.3 is 0 Å². The lowest BCUT2D eigenvalue weighted by Gasteiger charge is -2.31. The minimum atomic E-state index is -0.685. The SMILES string of the molecule is CNC(=O)[C@H](Cc1ccccc1)N(Cc1ccccc1)C(=O)COc1ccccc1Cl. The smallest absolute Gasteiger partial charge is 0.261 e. The number of nitrogens with zero attached hydrogens (tertiary/aromatic N) is 1. The lowest BCUT2D eigenvalue weighted by atomic mass is 10.0. The standard InChI is InChI=1S/C25H25ClN2O3/c1-27-25(30)22(16-19-10-4-2-5-11-19)28(17-20-12-6-3-7-13-20)24(29)18-31-23-15-9-8-14-21(23)26/h2-15,22H,16-18H2,1H3,(H,27,30)/t22-/m0/s1. The third kappa shape index (κ3) is 6.33. The predicted molar refractivity (Wildman–Crippen MR) is 122 cm³/mol. The number of para-hydroxylation sites is 1. The first kappa shape index (κ1) is 22.4. The van der Waals surface area contributed by atoms with Gasteiger partial charge in [0.15, 0.2) is 6.61 Å². The van der Waals surface area contributed by atoms with Gasteiger partial charge in [-0.05, 0) is 23.3 Å². The molecular weight excluding hydrogens is 412 g/mol. The molecule has 0 saturated heterocycles. The Morgan fingerprint density at radius 2 is 1.48 bits per heavy atom. The van der Waals surface area contributed by atoms with E-state index in [1.54, 1.807) is 36.2 Å². The average Bonchev–Trinajstić information content (AvgIpc) is 2.81. The van der Waals surface area contributed by atoms with Gasteiger partial charge in [0, 0.05) is 20.0 Å². The van der Waals surface area contributed by atoms with Crippen LogP contribution in [0.5, 0.6) is 5.75 Å². The number of halogens is 1. The number of carbonyl (C=O) groups excluding carboxylic acids is 2. The number of likely N-dealkylation sites (N-methyl/N-ethyl adjacent to an activating group) is 1. The summed E-state index contributed by atoms with van der Waals surface area (Å²) in [6.07, 6.45) is 0.394. The Balaban J connectivity index is 1.86. The molecule has 1 atom stereocenters. The zero-order valence-corrected chi connectivity index (χ0v) is 18.1. The minimum Gasteiger partial charge on any atom is -0.482 e. The molecule has 3 aromatic rings. The van der Waals surface area contributed by atoms with Crippen molar-refractivity contribution in [1.29, 1.82) is 0 Å². The van der Waals surface area contributed by atoms with Crippen LogP contribution in [-0.4, -0.2) is 36.4 Å². The van der Waals surface area contributed by atoms with E-state index in [4.69, 9.17) is 16.3 Å². The van der Waals surface area contributed by atoms with Gasteiger partial charge in [-0.25, -0.2) is 0 Å². The van der Waals surface area contributed by atoms with Crippen molar-refractivity contribution in [2.75, 3.05) is 13.7 Å². The molecule has 3 aromatic carbocycles. The summed E-state index contributed by atoms with van der Waals surface area (Å²) in [7, 11) is 1.58. The lowest BCUT2D eigenvalue weighted by molar-refractivity contribution is -0.142. The highest BCUT2D eigenvalue weighted by molar-refractivity contribution is 6.32. The van der Waals surface area contributed by atoms with Crippen LogP contribution >= 0.6 is 11.6 Å². The van der Waals surface area contributed by atoms with Crippen molar-refractivity contribution >= 4 is 23.4 Å². The average molecular weight is 437 g/mol. The summed E-state index contributed by atoms with van der Waals surface area (Å²) in [4.78, 5) is 27.6. The van der Waals surface area contributed by atoms with Gasteiger partial charge in [0.2, 0.25) is 5.91 Å². The second-order valence-electron chi connectivity index (χ2n) is 7.05. The molecule has 0 fully saturated rings. The molecule has 6 heteroatoms. The van der Waals surface area contributed by atoms with Gasteiger partial charge in [-0.15, -0.1) is 0 Å². The summed E-state index contributed by atoms with van der Waals surface area (Å²) in [5, 5.41) is 3.12. The van der Waals surface area contributed by atoms with Crippen LogP contribution in [0, 0.1) is 0 Å². The summed E-state index contributed by atoms with van der Waals surface area (Å²) < 4.78 is 5.68. The van der Waals surface area contributed by atoms with Crippen LogP contribution < -0.4 is 10.1 Å². The van der Waals surface area contributed by atoms with Gasteiger partial charge < -0.3 is 15.0 Å². The molecular formula is C25H25ClN2O3. The lowest BCUT2D eigenvalue weighted by Crippen LogP contribution is -2.51. The molecule has 31 heavy (non-hydrogen) atoms. The van der Waals surface area contributed by atoms with Crippen LogP contribution in [0.25, 0.3) is 0 Å². The third-order valence-corrected chi connectivity index (χ3v) is 5.21. The zero-order chi connectivity index (χ0) is 22.1. The Hall–Kier alpha value is -3.31. The maximum absolute atomic E-state index is 13.3. The molecule has 2 amide bonds. The van der Waals surface area contributed by atoms with Crippen molar-refractivity contribution < 1.29 is 14.3 Å². The van der Waals surface area contributed by atoms with E-state index in [0.29, 0.717) is 17.2 Å². The van der Waals surface area contributed by atoms with Gasteiger partial charge in [-0.1, -0.05) is 84.4 Å². The normalized spacial score (nSPS) is 11.4. The van der Waals surface area contributed by atoms with Crippen molar-refractivity contribution in [2.45, 2.75) is 19.0 Å². The Kier molecular flexibility index (Phi) is 8.07. The maximum Gasteiger partial charge on any atom is 0.261 e. The van der Waals surface area contributed by atoms with Crippen molar-refractivity contribution in [1.82, 2.24) is 10.2 Å². The summed E-state index contributed by atoms with van der Waals surface area (Å²) >= 11 is 6.15. The highest BCUT2D eigenvalue weighted by Gasteiger charge is 2.30. The van der Waals surface area contributed by atoms with E-state index < -0.39 is 6.04 Å². The van der Waals surface area contributed by atoms with E-state index in [1.165, 1.54) is 0 Å². The molecule has 0 spiro atoms. The first-order chi connectivity index (χ1) is 15.1. The molecule has 0 heterocycles. The minimum absolute atomic E-state index is 0.223. The Labute approximate surface area is 187 Å². The van der Waals surface area contributed by atoms with Crippen LogP contribution in [0.2, 0.25) is 5.02 Å². The fraction of sp³-hybridized carbons (Fsp3) is 0.200. The first-order valence-electron chi connectivity index (χ1n) is 10.0. The molecule has 0 saturated carbocycles. The maximum atomic E-state index is 13.3. The third-order valence-electron chi connectivity index (χ3n) is 4.90. The predicted octanol–water partition coefficient (Wildman–Crippen LogP) is 4.10. The highest BCUT2D eigenvalue weighted by atomic mass is 35.5. The number of nitrogens with one attached hydrogen (secondary N) is 1. The van der Waals surface area contributed by atoms with Gasteiger partial charge in [-0.3, -0.25) is 9.59 Å². The first-order valence-corrected chi connectivity index (χ1v) is 10.4. The summed E-state index contributed by atoms with van der Waals surface area (Å²) in [6.45, 7) is 0.0648. The van der Waals surface area contributed by atoms with Crippen molar-refractivity contribution in [2.24, 2.45) is 0 Å². The zero-order valence-electron chi connectivity index (χ0n) is 17.3. The van der Waals surface area contributed by atoms with Crippen molar-refractivity contribution in [3.8, 4) is 5.75 Å². The number of hydrogen-bond donors (Lipinski definition) is 1. The van der Waals surface area contributed by atoms with Gasteiger partial charge in [0.25, 0.3) is 5.91 Å². The van der Waals surface area contributed by atoms with Crippen LogP contribution in [-0.2, 0) is 22.6 Å². The summed E-state index contributed by atoms with van der Waals surface area (Å²) in [6, 6.07) is 25.5. The topological polar surface area (TPSA) is 58.6 Å². The van der Waals surface area contributed by atoms with E-state index in [9.17, 15) is 9.59 Å².